The fraction of sp³-hybridized carbons (Fsp3) is 0.800. The van der Waals surface area contributed by atoms with E-state index in [4.69, 9.17) is 10.2 Å². The van der Waals surface area contributed by atoms with E-state index in [9.17, 15) is 9.59 Å². The van der Waals surface area contributed by atoms with Gasteiger partial charge in [0, 0.05) is 19.6 Å². The number of amides is 1. The molecule has 92 valence electrons. The minimum atomic E-state index is -1.11. The molecule has 0 radical (unpaired) electrons. The zero-order chi connectivity index (χ0) is 12.1. The number of carbonyl (C=O) groups is 2. The van der Waals surface area contributed by atoms with E-state index in [-0.39, 0.29) is 30.8 Å². The van der Waals surface area contributed by atoms with E-state index in [1.165, 1.54) is 0 Å². The lowest BCUT2D eigenvalue weighted by Gasteiger charge is -2.18. The van der Waals surface area contributed by atoms with Crippen molar-refractivity contribution in [3.8, 4) is 0 Å². The van der Waals surface area contributed by atoms with Gasteiger partial charge in [-0.1, -0.05) is 6.92 Å². The molecule has 16 heavy (non-hydrogen) atoms. The number of rotatable bonds is 5. The first-order valence-corrected chi connectivity index (χ1v) is 5.41. The summed E-state index contributed by atoms with van der Waals surface area (Å²) in [5.74, 6) is -1.33. The molecular formula is C10H18N2O4. The third-order valence-electron chi connectivity index (χ3n) is 2.89. The van der Waals surface area contributed by atoms with Gasteiger partial charge < -0.3 is 20.8 Å². The molecule has 1 amide bonds. The molecule has 0 aliphatic carbocycles. The molecule has 0 aromatic heterocycles. The molecular weight excluding hydrogens is 212 g/mol. The number of carboxylic acids is 1. The maximum atomic E-state index is 11.7. The van der Waals surface area contributed by atoms with Crippen LogP contribution in [-0.2, 0) is 9.59 Å². The Morgan fingerprint density at radius 3 is 2.62 bits per heavy atom. The number of hydrogen-bond acceptors (Lipinski definition) is 4. The molecule has 1 rings (SSSR count). The summed E-state index contributed by atoms with van der Waals surface area (Å²) in [7, 11) is 0. The van der Waals surface area contributed by atoms with Crippen LogP contribution in [0.5, 0.6) is 0 Å². The summed E-state index contributed by atoms with van der Waals surface area (Å²) in [6.07, 6.45) is 0.0373. The zero-order valence-corrected chi connectivity index (χ0v) is 9.27. The van der Waals surface area contributed by atoms with Gasteiger partial charge in [0.05, 0.1) is 5.92 Å². The Hall–Kier alpha value is -1.14. The van der Waals surface area contributed by atoms with Gasteiger partial charge in [-0.3, -0.25) is 4.79 Å². The zero-order valence-electron chi connectivity index (χ0n) is 9.27. The summed E-state index contributed by atoms with van der Waals surface area (Å²) in [4.78, 5) is 22.5. The van der Waals surface area contributed by atoms with Gasteiger partial charge in [0.15, 0.2) is 0 Å². The van der Waals surface area contributed by atoms with E-state index in [0.717, 1.165) is 6.54 Å². The van der Waals surface area contributed by atoms with Gasteiger partial charge in [-0.15, -0.1) is 0 Å². The molecule has 1 heterocycles. The first-order chi connectivity index (χ1) is 7.56. The first kappa shape index (κ1) is 12.9. The molecule has 0 saturated carbocycles. The van der Waals surface area contributed by atoms with Gasteiger partial charge in [0.1, 0.15) is 6.04 Å². The van der Waals surface area contributed by atoms with E-state index in [2.05, 4.69) is 10.6 Å². The molecule has 6 heteroatoms. The van der Waals surface area contributed by atoms with Crippen LogP contribution >= 0.6 is 0 Å². The number of aliphatic carboxylic acids is 1. The third kappa shape index (κ3) is 3.18. The summed E-state index contributed by atoms with van der Waals surface area (Å²) >= 11 is 0. The highest BCUT2D eigenvalue weighted by molar-refractivity contribution is 5.85. The van der Waals surface area contributed by atoms with Gasteiger partial charge in [0.25, 0.3) is 0 Å². The van der Waals surface area contributed by atoms with Crippen LogP contribution in [0.4, 0.5) is 0 Å². The van der Waals surface area contributed by atoms with E-state index in [0.29, 0.717) is 6.54 Å². The quantitative estimate of drug-likeness (QED) is 0.475. The number of nitrogens with one attached hydrogen (secondary N) is 2. The normalized spacial score (nSPS) is 26.4. The average Bonchev–Trinajstić information content (AvgIpc) is 2.63. The van der Waals surface area contributed by atoms with Crippen molar-refractivity contribution in [3.05, 3.63) is 0 Å². The number of carbonyl (C=O) groups excluding carboxylic acids is 1. The molecule has 1 saturated heterocycles. The summed E-state index contributed by atoms with van der Waals surface area (Å²) in [6, 6.07) is -0.995. The minimum absolute atomic E-state index is 0.0373. The Labute approximate surface area is 94.0 Å². The van der Waals surface area contributed by atoms with Crippen molar-refractivity contribution >= 4 is 11.9 Å². The standard InChI is InChI=1S/C10H18N2O4/c1-6-4-11-5-7(6)9(14)12-8(2-3-13)10(15)16/h6-8,11,13H,2-5H2,1H3,(H,12,14)(H,15,16)/t6-,7-,8-/m1/s1. The van der Waals surface area contributed by atoms with Crippen LogP contribution in [0.15, 0.2) is 0 Å². The van der Waals surface area contributed by atoms with E-state index in [1.807, 2.05) is 6.92 Å². The topological polar surface area (TPSA) is 98.7 Å². The molecule has 0 spiro atoms. The van der Waals surface area contributed by atoms with Gasteiger partial charge in [-0.2, -0.15) is 0 Å². The maximum absolute atomic E-state index is 11.7. The van der Waals surface area contributed by atoms with Crippen LogP contribution in [0.1, 0.15) is 13.3 Å². The molecule has 1 aliphatic rings. The average molecular weight is 230 g/mol. The van der Waals surface area contributed by atoms with Crippen LogP contribution in [0.25, 0.3) is 0 Å². The van der Waals surface area contributed by atoms with Crippen molar-refractivity contribution in [2.24, 2.45) is 11.8 Å². The number of aliphatic hydroxyl groups excluding tert-OH is 1. The Balaban J connectivity index is 2.50. The lowest BCUT2D eigenvalue weighted by Crippen LogP contribution is -2.45. The molecule has 0 aromatic rings. The second-order valence-electron chi connectivity index (χ2n) is 4.15. The second kappa shape index (κ2) is 5.81. The largest absolute Gasteiger partial charge is 0.480 e. The van der Waals surface area contributed by atoms with Crippen molar-refractivity contribution in [1.82, 2.24) is 10.6 Å². The molecule has 1 aliphatic heterocycles. The second-order valence-corrected chi connectivity index (χ2v) is 4.15. The predicted octanol–water partition coefficient (Wildman–Crippen LogP) is -1.21. The van der Waals surface area contributed by atoms with Crippen molar-refractivity contribution in [2.45, 2.75) is 19.4 Å². The van der Waals surface area contributed by atoms with Crippen LogP contribution < -0.4 is 10.6 Å². The Bertz CT molecular complexity index is 270. The molecule has 1 fully saturated rings. The highest BCUT2D eigenvalue weighted by Gasteiger charge is 2.31. The highest BCUT2D eigenvalue weighted by Crippen LogP contribution is 2.16. The molecule has 3 atom stereocenters. The monoisotopic (exact) mass is 230 g/mol. The van der Waals surface area contributed by atoms with Gasteiger partial charge in [0.2, 0.25) is 5.91 Å². The SMILES string of the molecule is C[C@@H]1CNC[C@H]1C(=O)N[C@H](CCO)C(=O)O. The Morgan fingerprint density at radius 1 is 1.50 bits per heavy atom. The first-order valence-electron chi connectivity index (χ1n) is 5.41. The fourth-order valence-corrected chi connectivity index (χ4v) is 1.83. The number of hydrogen-bond donors (Lipinski definition) is 4. The van der Waals surface area contributed by atoms with E-state index in [1.54, 1.807) is 0 Å². The Kier molecular flexibility index (Phi) is 4.70. The summed E-state index contributed by atoms with van der Waals surface area (Å²) < 4.78 is 0. The molecule has 0 bridgehead atoms. The van der Waals surface area contributed by atoms with Crippen LogP contribution in [0.2, 0.25) is 0 Å². The lowest BCUT2D eigenvalue weighted by atomic mass is 9.97. The molecule has 0 unspecified atom stereocenters. The number of aliphatic hydroxyl groups is 1. The highest BCUT2D eigenvalue weighted by atomic mass is 16.4. The van der Waals surface area contributed by atoms with Crippen molar-refractivity contribution in [1.29, 1.82) is 0 Å². The number of carboxylic acid groups (broad SMARTS) is 1. The maximum Gasteiger partial charge on any atom is 0.326 e. The third-order valence-corrected chi connectivity index (χ3v) is 2.89. The van der Waals surface area contributed by atoms with Crippen LogP contribution in [0, 0.1) is 11.8 Å². The molecule has 6 nitrogen and oxygen atoms in total. The molecule has 4 N–H and O–H groups in total. The smallest absolute Gasteiger partial charge is 0.326 e. The molecule has 0 aromatic carbocycles. The van der Waals surface area contributed by atoms with Crippen molar-refractivity contribution < 1.29 is 19.8 Å². The van der Waals surface area contributed by atoms with Crippen LogP contribution in [-0.4, -0.2) is 47.8 Å². The van der Waals surface area contributed by atoms with Gasteiger partial charge in [-0.25, -0.2) is 4.79 Å². The van der Waals surface area contributed by atoms with E-state index >= 15 is 0 Å². The van der Waals surface area contributed by atoms with Crippen molar-refractivity contribution in [3.63, 3.8) is 0 Å². The van der Waals surface area contributed by atoms with Crippen molar-refractivity contribution in [2.75, 3.05) is 19.7 Å². The summed E-state index contributed by atoms with van der Waals surface area (Å²) in [6.45, 7) is 3.05. The van der Waals surface area contributed by atoms with Gasteiger partial charge in [-0.05, 0) is 12.5 Å². The summed E-state index contributed by atoms with van der Waals surface area (Å²) in [5, 5.41) is 23.0. The fourth-order valence-electron chi connectivity index (χ4n) is 1.83. The predicted molar refractivity (Wildman–Crippen MR) is 56.8 cm³/mol. The minimum Gasteiger partial charge on any atom is -0.480 e. The lowest BCUT2D eigenvalue weighted by molar-refractivity contribution is -0.143. The van der Waals surface area contributed by atoms with E-state index < -0.39 is 12.0 Å². The Morgan fingerprint density at radius 2 is 2.19 bits per heavy atom. The van der Waals surface area contributed by atoms with Crippen LogP contribution in [0.3, 0.4) is 0 Å². The summed E-state index contributed by atoms with van der Waals surface area (Å²) in [5.41, 5.74) is 0. The van der Waals surface area contributed by atoms with Gasteiger partial charge >= 0.3 is 5.97 Å².